The number of methoxy groups -OCH3 is 1. The van der Waals surface area contributed by atoms with Gasteiger partial charge < -0.3 is 10.1 Å². The molecule has 6 nitrogen and oxygen atoms in total. The first-order valence-corrected chi connectivity index (χ1v) is 10.2. The second-order valence-corrected chi connectivity index (χ2v) is 7.29. The first-order chi connectivity index (χ1) is 15.6. The number of halogens is 1. The van der Waals surface area contributed by atoms with Crippen molar-refractivity contribution in [1.82, 2.24) is 14.8 Å². The van der Waals surface area contributed by atoms with Gasteiger partial charge in [0.2, 0.25) is 5.91 Å². The predicted molar refractivity (Wildman–Crippen MR) is 122 cm³/mol. The lowest BCUT2D eigenvalue weighted by molar-refractivity contribution is -0.115. The van der Waals surface area contributed by atoms with Crippen molar-refractivity contribution in [3.8, 4) is 22.4 Å². The van der Waals surface area contributed by atoms with E-state index in [0.29, 0.717) is 24.7 Å². The number of hydrogen-bond donors (Lipinski definition) is 1. The summed E-state index contributed by atoms with van der Waals surface area (Å²) < 4.78 is 20.4. The van der Waals surface area contributed by atoms with Gasteiger partial charge in [0.1, 0.15) is 17.3 Å². The van der Waals surface area contributed by atoms with Crippen molar-refractivity contribution in [2.24, 2.45) is 0 Å². The van der Waals surface area contributed by atoms with Gasteiger partial charge in [-0.1, -0.05) is 30.3 Å². The number of pyridine rings is 1. The van der Waals surface area contributed by atoms with Crippen molar-refractivity contribution in [2.45, 2.75) is 13.0 Å². The molecule has 0 aliphatic heterocycles. The quantitative estimate of drug-likeness (QED) is 0.444. The summed E-state index contributed by atoms with van der Waals surface area (Å²) in [5.74, 6) is 0.00923. The van der Waals surface area contributed by atoms with Crippen LogP contribution in [0.4, 0.5) is 10.2 Å². The fourth-order valence-electron chi connectivity index (χ4n) is 3.39. The summed E-state index contributed by atoms with van der Waals surface area (Å²) in [5.41, 5.74) is 4.14. The monoisotopic (exact) mass is 430 g/mol. The van der Waals surface area contributed by atoms with Crippen LogP contribution in [0.3, 0.4) is 0 Å². The third-order valence-corrected chi connectivity index (χ3v) is 4.95. The van der Waals surface area contributed by atoms with Crippen molar-refractivity contribution >= 4 is 11.7 Å². The van der Waals surface area contributed by atoms with Crippen LogP contribution in [0.25, 0.3) is 22.4 Å². The predicted octanol–water partition coefficient (Wildman–Crippen LogP) is 4.58. The zero-order chi connectivity index (χ0) is 22.3. The Morgan fingerprint density at radius 3 is 2.59 bits per heavy atom. The summed E-state index contributed by atoms with van der Waals surface area (Å²) >= 11 is 0. The molecule has 0 unspecified atom stereocenters. The highest BCUT2D eigenvalue weighted by atomic mass is 19.1. The van der Waals surface area contributed by atoms with Crippen LogP contribution in [0.15, 0.2) is 79.1 Å². The largest absolute Gasteiger partial charge is 0.383 e. The molecule has 0 atom stereocenters. The molecule has 0 fully saturated rings. The molecular formula is C25H23FN4O2. The van der Waals surface area contributed by atoms with Crippen molar-refractivity contribution in [3.05, 3.63) is 90.5 Å². The summed E-state index contributed by atoms with van der Waals surface area (Å²) in [6, 6.07) is 19.4. The number of carbonyl (C=O) groups excluding carboxylic acids is 1. The van der Waals surface area contributed by atoms with Crippen molar-refractivity contribution < 1.29 is 13.9 Å². The van der Waals surface area contributed by atoms with Gasteiger partial charge in [-0.3, -0.25) is 9.48 Å². The third kappa shape index (κ3) is 5.25. The highest BCUT2D eigenvalue weighted by molar-refractivity contribution is 5.92. The van der Waals surface area contributed by atoms with Gasteiger partial charge in [-0.25, -0.2) is 9.37 Å². The van der Waals surface area contributed by atoms with Crippen LogP contribution in [0.5, 0.6) is 0 Å². The van der Waals surface area contributed by atoms with E-state index in [9.17, 15) is 9.18 Å². The number of amides is 1. The average Bonchev–Trinajstić information content (AvgIpc) is 3.23. The molecule has 1 amide bonds. The van der Waals surface area contributed by atoms with Crippen molar-refractivity contribution in [1.29, 1.82) is 0 Å². The Morgan fingerprint density at radius 2 is 1.84 bits per heavy atom. The van der Waals surface area contributed by atoms with Crippen LogP contribution in [0, 0.1) is 5.82 Å². The molecule has 1 N–H and O–H groups in total. The van der Waals surface area contributed by atoms with Crippen LogP contribution in [0.1, 0.15) is 5.56 Å². The van der Waals surface area contributed by atoms with Gasteiger partial charge in [0.25, 0.3) is 0 Å². The molecule has 7 heteroatoms. The normalized spacial score (nSPS) is 10.8. The molecule has 4 rings (SSSR count). The van der Waals surface area contributed by atoms with Gasteiger partial charge >= 0.3 is 0 Å². The molecule has 0 radical (unpaired) electrons. The average molecular weight is 430 g/mol. The molecular weight excluding hydrogens is 407 g/mol. The minimum absolute atomic E-state index is 0.143. The molecule has 2 heterocycles. The zero-order valence-corrected chi connectivity index (χ0v) is 17.7. The lowest BCUT2D eigenvalue weighted by atomic mass is 10.0. The van der Waals surface area contributed by atoms with E-state index < -0.39 is 0 Å². The van der Waals surface area contributed by atoms with E-state index in [1.807, 2.05) is 48.7 Å². The van der Waals surface area contributed by atoms with E-state index in [1.165, 1.54) is 12.1 Å². The lowest BCUT2D eigenvalue weighted by Gasteiger charge is -2.07. The summed E-state index contributed by atoms with van der Waals surface area (Å²) in [5, 5.41) is 7.54. The highest BCUT2D eigenvalue weighted by Crippen LogP contribution is 2.32. The van der Waals surface area contributed by atoms with Crippen LogP contribution in [-0.4, -0.2) is 34.4 Å². The second kappa shape index (κ2) is 9.98. The van der Waals surface area contributed by atoms with E-state index in [1.54, 1.807) is 30.1 Å². The molecule has 0 bridgehead atoms. The first kappa shape index (κ1) is 21.4. The third-order valence-electron chi connectivity index (χ3n) is 4.95. The van der Waals surface area contributed by atoms with E-state index in [0.717, 1.165) is 22.3 Å². The molecule has 0 aliphatic carbocycles. The highest BCUT2D eigenvalue weighted by Gasteiger charge is 2.15. The smallest absolute Gasteiger partial charge is 0.229 e. The van der Waals surface area contributed by atoms with Crippen LogP contribution in [-0.2, 0) is 22.5 Å². The topological polar surface area (TPSA) is 69.0 Å². The minimum atomic E-state index is -0.304. The Bertz CT molecular complexity index is 1190. The van der Waals surface area contributed by atoms with Crippen LogP contribution < -0.4 is 5.32 Å². The Morgan fingerprint density at radius 1 is 1.06 bits per heavy atom. The standard InChI is InChI=1S/C25H23FN4O2/c1-32-14-13-30-17-22(25(29-30)19-7-9-21(26)10-8-19)20-11-12-27-23(16-20)28-24(31)15-18-5-3-2-4-6-18/h2-12,16-17H,13-15H2,1H3,(H,27,28,31). The maximum Gasteiger partial charge on any atom is 0.229 e. The Labute approximate surface area is 185 Å². The number of benzene rings is 2. The van der Waals surface area contributed by atoms with Gasteiger partial charge in [0.15, 0.2) is 0 Å². The van der Waals surface area contributed by atoms with E-state index >= 15 is 0 Å². The van der Waals surface area contributed by atoms with Gasteiger partial charge in [0.05, 0.1) is 19.6 Å². The van der Waals surface area contributed by atoms with Gasteiger partial charge in [0, 0.05) is 30.6 Å². The number of nitrogens with one attached hydrogen (secondary N) is 1. The van der Waals surface area contributed by atoms with E-state index in [4.69, 9.17) is 4.74 Å². The molecule has 2 aromatic carbocycles. The van der Waals surface area contributed by atoms with Crippen LogP contribution >= 0.6 is 0 Å². The zero-order valence-electron chi connectivity index (χ0n) is 17.7. The second-order valence-electron chi connectivity index (χ2n) is 7.29. The maximum atomic E-state index is 13.4. The summed E-state index contributed by atoms with van der Waals surface area (Å²) in [6.07, 6.45) is 3.83. The maximum absolute atomic E-state index is 13.4. The first-order valence-electron chi connectivity index (χ1n) is 10.2. The van der Waals surface area contributed by atoms with E-state index in [2.05, 4.69) is 15.4 Å². The lowest BCUT2D eigenvalue weighted by Crippen LogP contribution is -2.15. The fraction of sp³-hybridized carbons (Fsp3) is 0.160. The summed E-state index contributed by atoms with van der Waals surface area (Å²) in [4.78, 5) is 16.7. The Kier molecular flexibility index (Phi) is 6.67. The molecule has 2 aromatic heterocycles. The number of ether oxygens (including phenoxy) is 1. The number of nitrogens with zero attached hydrogens (tertiary/aromatic N) is 3. The summed E-state index contributed by atoms with van der Waals surface area (Å²) in [7, 11) is 1.64. The SMILES string of the molecule is COCCn1cc(-c2ccnc(NC(=O)Cc3ccccc3)c2)c(-c2ccc(F)cc2)n1. The molecule has 162 valence electrons. The molecule has 0 aliphatic rings. The van der Waals surface area contributed by atoms with E-state index in [-0.39, 0.29) is 18.1 Å². The van der Waals surface area contributed by atoms with Crippen LogP contribution in [0.2, 0.25) is 0 Å². The Hall–Kier alpha value is -3.84. The molecule has 0 spiro atoms. The number of hydrogen-bond acceptors (Lipinski definition) is 4. The molecule has 4 aromatic rings. The summed E-state index contributed by atoms with van der Waals surface area (Å²) in [6.45, 7) is 1.09. The number of anilines is 1. The minimum Gasteiger partial charge on any atom is -0.383 e. The molecule has 0 saturated heterocycles. The van der Waals surface area contributed by atoms with Crippen molar-refractivity contribution in [2.75, 3.05) is 19.0 Å². The van der Waals surface area contributed by atoms with Gasteiger partial charge in [-0.15, -0.1) is 0 Å². The molecule has 32 heavy (non-hydrogen) atoms. The number of carbonyl (C=O) groups is 1. The van der Waals surface area contributed by atoms with Gasteiger partial charge in [-0.05, 0) is 47.5 Å². The Balaban J connectivity index is 1.61. The van der Waals surface area contributed by atoms with Crippen molar-refractivity contribution in [3.63, 3.8) is 0 Å². The van der Waals surface area contributed by atoms with Gasteiger partial charge in [-0.2, -0.15) is 5.10 Å². The number of aromatic nitrogens is 3. The number of rotatable bonds is 8. The molecule has 0 saturated carbocycles. The fourth-order valence-corrected chi connectivity index (χ4v) is 3.39.